The van der Waals surface area contributed by atoms with Crippen molar-refractivity contribution in [3.8, 4) is 0 Å². The van der Waals surface area contributed by atoms with Crippen LogP contribution in [0.5, 0.6) is 0 Å². The quantitative estimate of drug-likeness (QED) is 0.673. The molecule has 0 unspecified atom stereocenters. The van der Waals surface area contributed by atoms with Gasteiger partial charge < -0.3 is 10.6 Å². The van der Waals surface area contributed by atoms with Crippen LogP contribution in [0.4, 0.5) is 0 Å². The number of nitrogens with two attached hydrogens (primary N) is 1. The molecule has 0 spiro atoms. The smallest absolute Gasteiger partial charge is 0.275 e. The SMILES string of the molecule is C[C@@H]([NH2+]CC(=O)NCCSCc1ccccc1)c1ccc(Cl)cc1. The third kappa shape index (κ3) is 6.95. The Bertz CT molecular complexity index is 619. The Hall–Kier alpha value is -1.49. The predicted molar refractivity (Wildman–Crippen MR) is 102 cm³/mol. The molecule has 2 aromatic rings. The van der Waals surface area contributed by atoms with E-state index in [0.717, 1.165) is 16.5 Å². The first-order valence-electron chi connectivity index (χ1n) is 8.12. The second-order valence-corrected chi connectivity index (χ2v) is 7.21. The van der Waals surface area contributed by atoms with Crippen LogP contribution in [-0.2, 0) is 10.5 Å². The van der Waals surface area contributed by atoms with Gasteiger partial charge in [0.05, 0.1) is 0 Å². The summed E-state index contributed by atoms with van der Waals surface area (Å²) in [6.45, 7) is 3.23. The summed E-state index contributed by atoms with van der Waals surface area (Å²) in [6, 6.07) is 18.4. The molecule has 0 saturated heterocycles. The second-order valence-electron chi connectivity index (χ2n) is 5.67. The van der Waals surface area contributed by atoms with Crippen molar-refractivity contribution < 1.29 is 10.1 Å². The summed E-state index contributed by atoms with van der Waals surface area (Å²) < 4.78 is 0. The van der Waals surface area contributed by atoms with Crippen molar-refractivity contribution in [2.24, 2.45) is 0 Å². The Kier molecular flexibility index (Phi) is 8.16. The minimum Gasteiger partial charge on any atom is -0.350 e. The molecule has 0 aliphatic rings. The minimum atomic E-state index is 0.0797. The molecule has 3 N–H and O–H groups in total. The molecule has 2 rings (SSSR count). The van der Waals surface area contributed by atoms with Gasteiger partial charge in [-0.05, 0) is 24.6 Å². The molecule has 0 heterocycles. The second kappa shape index (κ2) is 10.4. The number of carbonyl (C=O) groups is 1. The number of rotatable bonds is 9. The van der Waals surface area contributed by atoms with Crippen molar-refractivity contribution in [3.63, 3.8) is 0 Å². The first kappa shape index (κ1) is 18.8. The van der Waals surface area contributed by atoms with Gasteiger partial charge in [0.15, 0.2) is 6.54 Å². The summed E-state index contributed by atoms with van der Waals surface area (Å²) in [5.74, 6) is 1.99. The molecule has 24 heavy (non-hydrogen) atoms. The van der Waals surface area contributed by atoms with E-state index < -0.39 is 0 Å². The Morgan fingerprint density at radius 3 is 2.58 bits per heavy atom. The number of amides is 1. The molecule has 0 aliphatic carbocycles. The van der Waals surface area contributed by atoms with Gasteiger partial charge in [0.25, 0.3) is 5.91 Å². The number of benzene rings is 2. The van der Waals surface area contributed by atoms with Crippen LogP contribution in [0.25, 0.3) is 0 Å². The highest BCUT2D eigenvalue weighted by Crippen LogP contribution is 2.13. The normalized spacial score (nSPS) is 11.9. The zero-order valence-corrected chi connectivity index (χ0v) is 15.4. The number of hydrogen-bond acceptors (Lipinski definition) is 2. The lowest BCUT2D eigenvalue weighted by molar-refractivity contribution is -0.682. The Morgan fingerprint density at radius 2 is 1.88 bits per heavy atom. The first-order valence-corrected chi connectivity index (χ1v) is 9.65. The van der Waals surface area contributed by atoms with E-state index in [9.17, 15) is 4.79 Å². The third-order valence-corrected chi connectivity index (χ3v) is 5.01. The average Bonchev–Trinajstić information content (AvgIpc) is 2.61. The third-order valence-electron chi connectivity index (χ3n) is 3.73. The van der Waals surface area contributed by atoms with Crippen molar-refractivity contribution in [3.05, 3.63) is 70.7 Å². The average molecular weight is 364 g/mol. The standard InChI is InChI=1S/C19H23ClN2OS/c1-15(17-7-9-18(20)10-8-17)22-13-19(23)21-11-12-24-14-16-5-3-2-4-6-16/h2-10,15,22H,11-14H2,1H3,(H,21,23)/p+1/t15-/m1/s1. The van der Waals surface area contributed by atoms with Crippen LogP contribution in [-0.4, -0.2) is 24.7 Å². The number of nitrogens with one attached hydrogen (secondary N) is 1. The van der Waals surface area contributed by atoms with E-state index in [1.807, 2.05) is 47.4 Å². The lowest BCUT2D eigenvalue weighted by Gasteiger charge is -2.11. The monoisotopic (exact) mass is 363 g/mol. The van der Waals surface area contributed by atoms with E-state index in [1.54, 1.807) is 0 Å². The van der Waals surface area contributed by atoms with Crippen molar-refractivity contribution in [2.75, 3.05) is 18.8 Å². The van der Waals surface area contributed by atoms with Crippen LogP contribution in [0.3, 0.4) is 0 Å². The van der Waals surface area contributed by atoms with E-state index in [0.29, 0.717) is 13.1 Å². The molecule has 1 atom stereocenters. The van der Waals surface area contributed by atoms with Crippen molar-refractivity contribution >= 4 is 29.3 Å². The van der Waals surface area contributed by atoms with Gasteiger partial charge >= 0.3 is 0 Å². The molecule has 0 aliphatic heterocycles. The molecule has 128 valence electrons. The largest absolute Gasteiger partial charge is 0.350 e. The number of halogens is 1. The molecule has 0 saturated carbocycles. The Morgan fingerprint density at radius 1 is 1.17 bits per heavy atom. The van der Waals surface area contributed by atoms with Crippen molar-refractivity contribution in [1.29, 1.82) is 0 Å². The number of carbonyl (C=O) groups excluding carboxylic acids is 1. The van der Waals surface area contributed by atoms with Gasteiger partial charge in [-0.2, -0.15) is 11.8 Å². The van der Waals surface area contributed by atoms with Gasteiger partial charge in [-0.25, -0.2) is 0 Å². The van der Waals surface area contributed by atoms with E-state index in [1.165, 1.54) is 11.1 Å². The van der Waals surface area contributed by atoms with Crippen LogP contribution < -0.4 is 10.6 Å². The summed E-state index contributed by atoms with van der Waals surface area (Å²) in [6.07, 6.45) is 0. The van der Waals surface area contributed by atoms with Crippen LogP contribution in [0.15, 0.2) is 54.6 Å². The summed E-state index contributed by atoms with van der Waals surface area (Å²) in [5.41, 5.74) is 2.49. The summed E-state index contributed by atoms with van der Waals surface area (Å²) >= 11 is 7.72. The van der Waals surface area contributed by atoms with Crippen LogP contribution in [0, 0.1) is 0 Å². The maximum absolute atomic E-state index is 11.9. The van der Waals surface area contributed by atoms with Crippen molar-refractivity contribution in [1.82, 2.24) is 5.32 Å². The van der Waals surface area contributed by atoms with Crippen LogP contribution in [0.2, 0.25) is 5.02 Å². The zero-order valence-electron chi connectivity index (χ0n) is 13.9. The molecule has 3 nitrogen and oxygen atoms in total. The first-order chi connectivity index (χ1) is 11.6. The van der Waals surface area contributed by atoms with Crippen LogP contribution >= 0.6 is 23.4 Å². The molecule has 1 amide bonds. The van der Waals surface area contributed by atoms with Gasteiger partial charge in [0.1, 0.15) is 6.04 Å². The van der Waals surface area contributed by atoms with Gasteiger partial charge in [0.2, 0.25) is 0 Å². The number of thioether (sulfide) groups is 1. The summed E-state index contributed by atoms with van der Waals surface area (Å²) in [5, 5.41) is 5.74. The molecule has 0 fully saturated rings. The van der Waals surface area contributed by atoms with E-state index in [2.05, 4.69) is 36.5 Å². The highest BCUT2D eigenvalue weighted by Gasteiger charge is 2.11. The van der Waals surface area contributed by atoms with Crippen molar-refractivity contribution in [2.45, 2.75) is 18.7 Å². The molecule has 2 aromatic carbocycles. The minimum absolute atomic E-state index is 0.0797. The molecule has 0 radical (unpaired) electrons. The highest BCUT2D eigenvalue weighted by molar-refractivity contribution is 7.98. The fraction of sp³-hybridized carbons (Fsp3) is 0.316. The van der Waals surface area contributed by atoms with E-state index >= 15 is 0 Å². The maximum atomic E-state index is 11.9. The lowest BCUT2D eigenvalue weighted by Crippen LogP contribution is -2.87. The zero-order chi connectivity index (χ0) is 17.2. The summed E-state index contributed by atoms with van der Waals surface area (Å²) in [7, 11) is 0. The molecule has 0 aromatic heterocycles. The Balaban J connectivity index is 1.57. The fourth-order valence-corrected chi connectivity index (χ4v) is 3.23. The van der Waals surface area contributed by atoms with E-state index in [4.69, 9.17) is 11.6 Å². The lowest BCUT2D eigenvalue weighted by atomic mass is 10.1. The maximum Gasteiger partial charge on any atom is 0.275 e. The van der Waals surface area contributed by atoms with Gasteiger partial charge in [-0.1, -0.05) is 54.1 Å². The molecular formula is C19H24ClN2OS+. The van der Waals surface area contributed by atoms with Gasteiger partial charge in [-0.15, -0.1) is 0 Å². The summed E-state index contributed by atoms with van der Waals surface area (Å²) in [4.78, 5) is 11.9. The molecule has 5 heteroatoms. The molecule has 0 bridgehead atoms. The fourth-order valence-electron chi connectivity index (χ4n) is 2.29. The predicted octanol–water partition coefficient (Wildman–Crippen LogP) is 3.01. The highest BCUT2D eigenvalue weighted by atomic mass is 35.5. The van der Waals surface area contributed by atoms with Gasteiger partial charge in [0, 0.05) is 28.6 Å². The molecular weight excluding hydrogens is 340 g/mol. The topological polar surface area (TPSA) is 45.7 Å². The number of hydrogen-bond donors (Lipinski definition) is 2. The van der Waals surface area contributed by atoms with E-state index in [-0.39, 0.29) is 11.9 Å². The van der Waals surface area contributed by atoms with Crippen LogP contribution in [0.1, 0.15) is 24.1 Å². The van der Waals surface area contributed by atoms with Gasteiger partial charge in [-0.3, -0.25) is 4.79 Å². The Labute approximate surface area is 153 Å². The number of quaternary nitrogens is 1.